The monoisotopic (exact) mass is 398 g/mol. The number of benzene rings is 1. The lowest BCUT2D eigenvalue weighted by Gasteiger charge is -2.20. The van der Waals surface area contributed by atoms with Crippen LogP contribution in [0.25, 0.3) is 10.9 Å². The molecule has 1 saturated heterocycles. The Morgan fingerprint density at radius 1 is 1.24 bits per heavy atom. The van der Waals surface area contributed by atoms with Crippen LogP contribution in [-0.4, -0.2) is 44.9 Å². The van der Waals surface area contributed by atoms with Gasteiger partial charge in [0.05, 0.1) is 17.3 Å². The van der Waals surface area contributed by atoms with Crippen LogP contribution < -0.4 is 10.9 Å². The Morgan fingerprint density at radius 3 is 2.72 bits per heavy atom. The summed E-state index contributed by atoms with van der Waals surface area (Å²) >= 11 is 0. The third-order valence-electron chi connectivity index (χ3n) is 5.57. The Bertz CT molecular complexity index is 1040. The first kappa shape index (κ1) is 19.1. The van der Waals surface area contributed by atoms with E-state index in [-0.39, 0.29) is 30.3 Å². The number of H-pyrrole nitrogens is 1. The summed E-state index contributed by atoms with van der Waals surface area (Å²) in [6.45, 7) is 1.56. The predicted octanol–water partition coefficient (Wildman–Crippen LogP) is 1.78. The lowest BCUT2D eigenvalue weighted by atomic mass is 9.98. The number of nitrogens with zero attached hydrogens (tertiary/aromatic N) is 2. The van der Waals surface area contributed by atoms with Gasteiger partial charge in [-0.2, -0.15) is 0 Å². The zero-order valence-corrected chi connectivity index (χ0v) is 16.1. The van der Waals surface area contributed by atoms with Crippen LogP contribution in [0.4, 0.5) is 4.79 Å². The minimum Gasteiger partial charge on any atom is -0.454 e. The van der Waals surface area contributed by atoms with Gasteiger partial charge in [-0.15, -0.1) is 0 Å². The van der Waals surface area contributed by atoms with Gasteiger partial charge in [0, 0.05) is 6.54 Å². The van der Waals surface area contributed by atoms with E-state index in [2.05, 4.69) is 15.3 Å². The number of hydrogen-bond donors (Lipinski definition) is 2. The number of carbonyl (C=O) groups is 3. The Labute approximate surface area is 166 Å². The number of esters is 1. The summed E-state index contributed by atoms with van der Waals surface area (Å²) in [5.41, 5.74) is -0.590. The maximum Gasteiger partial charge on any atom is 0.325 e. The van der Waals surface area contributed by atoms with Gasteiger partial charge < -0.3 is 15.0 Å². The molecule has 1 aliphatic heterocycles. The number of para-hydroxylation sites is 1. The van der Waals surface area contributed by atoms with E-state index in [4.69, 9.17) is 4.74 Å². The van der Waals surface area contributed by atoms with Crippen molar-refractivity contribution in [3.8, 4) is 0 Å². The van der Waals surface area contributed by atoms with Crippen LogP contribution in [0, 0.1) is 0 Å². The SMILES string of the molecule is C[C@H](OC(=O)CCN1C(=O)NC2(CCCC2)C1=O)c1nc2ccccc2c(=O)[nH]1. The number of imide groups is 1. The molecule has 2 aromatic rings. The molecular formula is C20H22N4O5. The average molecular weight is 398 g/mol. The summed E-state index contributed by atoms with van der Waals surface area (Å²) in [6, 6.07) is 6.42. The van der Waals surface area contributed by atoms with Gasteiger partial charge in [-0.3, -0.25) is 19.3 Å². The molecule has 1 aromatic carbocycles. The molecule has 2 N–H and O–H groups in total. The van der Waals surface area contributed by atoms with Gasteiger partial charge in [0.1, 0.15) is 5.54 Å². The van der Waals surface area contributed by atoms with Crippen LogP contribution in [-0.2, 0) is 14.3 Å². The summed E-state index contributed by atoms with van der Waals surface area (Å²) in [5.74, 6) is -0.607. The number of fused-ring (bicyclic) bond motifs is 1. The fraction of sp³-hybridized carbons (Fsp3) is 0.450. The van der Waals surface area contributed by atoms with Crippen molar-refractivity contribution in [3.05, 3.63) is 40.4 Å². The highest BCUT2D eigenvalue weighted by molar-refractivity contribution is 6.07. The molecule has 2 aliphatic rings. The van der Waals surface area contributed by atoms with Crippen LogP contribution in [0.15, 0.2) is 29.1 Å². The third-order valence-corrected chi connectivity index (χ3v) is 5.57. The summed E-state index contributed by atoms with van der Waals surface area (Å²) < 4.78 is 5.35. The van der Waals surface area contributed by atoms with Crippen molar-refractivity contribution in [3.63, 3.8) is 0 Å². The van der Waals surface area contributed by atoms with Crippen molar-refractivity contribution in [1.82, 2.24) is 20.2 Å². The molecule has 9 nitrogen and oxygen atoms in total. The van der Waals surface area contributed by atoms with Gasteiger partial charge in [-0.25, -0.2) is 9.78 Å². The predicted molar refractivity (Wildman–Crippen MR) is 103 cm³/mol. The first-order valence-corrected chi connectivity index (χ1v) is 9.72. The second-order valence-corrected chi connectivity index (χ2v) is 7.53. The maximum atomic E-state index is 12.6. The van der Waals surface area contributed by atoms with E-state index in [1.165, 1.54) is 0 Å². The van der Waals surface area contributed by atoms with Crippen molar-refractivity contribution in [1.29, 1.82) is 0 Å². The zero-order valence-electron chi connectivity index (χ0n) is 16.1. The van der Waals surface area contributed by atoms with Gasteiger partial charge in [-0.1, -0.05) is 25.0 Å². The van der Waals surface area contributed by atoms with Crippen LogP contribution >= 0.6 is 0 Å². The standard InChI is InChI=1S/C20H22N4O5/c1-12(16-21-14-7-3-2-6-13(14)17(26)22-16)29-15(25)8-11-24-18(27)20(23-19(24)28)9-4-5-10-20/h2-3,6-7,12H,4-5,8-11H2,1H3,(H,23,28)(H,21,22,26)/t12-/m0/s1. The normalized spacial score (nSPS) is 19.0. The first-order chi connectivity index (χ1) is 13.9. The van der Waals surface area contributed by atoms with Crippen LogP contribution in [0.3, 0.4) is 0 Å². The van der Waals surface area contributed by atoms with Crippen LogP contribution in [0.1, 0.15) is 51.0 Å². The highest BCUT2D eigenvalue weighted by atomic mass is 16.5. The Kier molecular flexibility index (Phi) is 4.81. The number of nitrogens with one attached hydrogen (secondary N) is 2. The molecule has 29 heavy (non-hydrogen) atoms. The minimum absolute atomic E-state index is 0.0420. The third kappa shape index (κ3) is 3.48. The molecule has 1 aliphatic carbocycles. The molecule has 1 saturated carbocycles. The molecular weight excluding hydrogens is 376 g/mol. The molecule has 2 fully saturated rings. The van der Waals surface area contributed by atoms with Crippen LogP contribution in [0.2, 0.25) is 0 Å². The topological polar surface area (TPSA) is 121 Å². The fourth-order valence-electron chi connectivity index (χ4n) is 4.01. The summed E-state index contributed by atoms with van der Waals surface area (Å²) in [5, 5.41) is 3.23. The molecule has 2 heterocycles. The lowest BCUT2D eigenvalue weighted by Crippen LogP contribution is -2.44. The molecule has 0 radical (unpaired) electrons. The smallest absolute Gasteiger partial charge is 0.325 e. The van der Waals surface area contributed by atoms with Gasteiger partial charge in [0.25, 0.3) is 11.5 Å². The molecule has 1 aromatic heterocycles. The molecule has 9 heteroatoms. The van der Waals surface area contributed by atoms with Crippen molar-refractivity contribution in [2.24, 2.45) is 0 Å². The molecule has 4 rings (SSSR count). The molecule has 1 spiro atoms. The Morgan fingerprint density at radius 2 is 1.97 bits per heavy atom. The number of ether oxygens (including phenoxy) is 1. The van der Waals surface area contributed by atoms with Crippen molar-refractivity contribution < 1.29 is 19.1 Å². The summed E-state index contributed by atoms with van der Waals surface area (Å²) in [7, 11) is 0. The Hall–Kier alpha value is -3.23. The number of urea groups is 1. The zero-order chi connectivity index (χ0) is 20.6. The number of aromatic amines is 1. The number of hydrogen-bond acceptors (Lipinski definition) is 6. The minimum atomic E-state index is -0.789. The molecule has 152 valence electrons. The van der Waals surface area contributed by atoms with E-state index < -0.39 is 23.6 Å². The number of rotatable bonds is 5. The quantitative estimate of drug-likeness (QED) is 0.585. The Balaban J connectivity index is 1.38. The largest absolute Gasteiger partial charge is 0.454 e. The van der Waals surface area contributed by atoms with E-state index in [0.29, 0.717) is 23.7 Å². The maximum absolute atomic E-state index is 12.6. The highest BCUT2D eigenvalue weighted by Crippen LogP contribution is 2.35. The number of amides is 3. The molecule has 3 amide bonds. The highest BCUT2D eigenvalue weighted by Gasteiger charge is 2.52. The number of aromatic nitrogens is 2. The van der Waals surface area contributed by atoms with E-state index in [9.17, 15) is 19.2 Å². The van der Waals surface area contributed by atoms with Gasteiger partial charge in [-0.05, 0) is 31.9 Å². The second-order valence-electron chi connectivity index (χ2n) is 7.53. The molecule has 1 atom stereocenters. The lowest BCUT2D eigenvalue weighted by molar-refractivity contribution is -0.149. The van der Waals surface area contributed by atoms with Gasteiger partial charge in [0.2, 0.25) is 0 Å². The van der Waals surface area contributed by atoms with Crippen molar-refractivity contribution in [2.75, 3.05) is 6.54 Å². The van der Waals surface area contributed by atoms with E-state index in [1.807, 2.05) is 0 Å². The molecule has 0 bridgehead atoms. The van der Waals surface area contributed by atoms with E-state index in [0.717, 1.165) is 17.7 Å². The molecule has 0 unspecified atom stereocenters. The van der Waals surface area contributed by atoms with E-state index >= 15 is 0 Å². The number of carbonyl (C=O) groups excluding carboxylic acids is 3. The summed E-state index contributed by atoms with van der Waals surface area (Å²) in [6.07, 6.45) is 2.17. The van der Waals surface area contributed by atoms with Gasteiger partial charge >= 0.3 is 12.0 Å². The van der Waals surface area contributed by atoms with Crippen molar-refractivity contribution >= 4 is 28.8 Å². The average Bonchev–Trinajstić information content (AvgIpc) is 3.25. The fourth-order valence-corrected chi connectivity index (χ4v) is 4.01. The van der Waals surface area contributed by atoms with E-state index in [1.54, 1.807) is 31.2 Å². The second kappa shape index (κ2) is 7.31. The van der Waals surface area contributed by atoms with Crippen molar-refractivity contribution in [2.45, 2.75) is 50.7 Å². The van der Waals surface area contributed by atoms with Gasteiger partial charge in [0.15, 0.2) is 11.9 Å². The summed E-state index contributed by atoms with van der Waals surface area (Å²) in [4.78, 5) is 57.2. The first-order valence-electron chi connectivity index (χ1n) is 9.72. The van der Waals surface area contributed by atoms with Crippen LogP contribution in [0.5, 0.6) is 0 Å².